The van der Waals surface area contributed by atoms with E-state index in [-0.39, 0.29) is 0 Å². The normalized spacial score (nSPS) is 10.9. The minimum Gasteiger partial charge on any atom is -0.497 e. The van der Waals surface area contributed by atoms with Crippen molar-refractivity contribution >= 4 is 10.9 Å². The second-order valence-electron chi connectivity index (χ2n) is 3.91. The van der Waals surface area contributed by atoms with E-state index < -0.39 is 5.76 Å². The van der Waals surface area contributed by atoms with Crippen molar-refractivity contribution in [1.29, 1.82) is 0 Å². The summed E-state index contributed by atoms with van der Waals surface area (Å²) in [6.45, 7) is 0. The fourth-order valence-electron chi connectivity index (χ4n) is 1.93. The Labute approximate surface area is 102 Å². The van der Waals surface area contributed by atoms with Gasteiger partial charge in [-0.2, -0.15) is 0 Å². The molecule has 0 radical (unpaired) electrons. The van der Waals surface area contributed by atoms with Crippen LogP contribution in [0.4, 0.5) is 0 Å². The molecule has 2 aromatic heterocycles. The zero-order valence-electron chi connectivity index (χ0n) is 9.69. The number of H-pyrrole nitrogens is 2. The molecule has 18 heavy (non-hydrogen) atoms. The van der Waals surface area contributed by atoms with Crippen molar-refractivity contribution in [3.8, 4) is 5.75 Å². The topological polar surface area (TPSA) is 83.9 Å². The van der Waals surface area contributed by atoms with Gasteiger partial charge in [-0.15, -0.1) is 5.10 Å². The highest BCUT2D eigenvalue weighted by atomic mass is 16.5. The Hall–Kier alpha value is -2.50. The molecule has 0 saturated carbocycles. The van der Waals surface area contributed by atoms with Gasteiger partial charge in [-0.25, -0.2) is 9.89 Å². The van der Waals surface area contributed by atoms with Gasteiger partial charge < -0.3 is 14.1 Å². The van der Waals surface area contributed by atoms with E-state index in [1.54, 1.807) is 7.11 Å². The van der Waals surface area contributed by atoms with Crippen LogP contribution in [0.25, 0.3) is 10.9 Å². The van der Waals surface area contributed by atoms with Gasteiger partial charge in [0.15, 0.2) is 0 Å². The van der Waals surface area contributed by atoms with E-state index in [9.17, 15) is 4.79 Å². The van der Waals surface area contributed by atoms with Crippen molar-refractivity contribution in [3.63, 3.8) is 0 Å². The molecule has 2 heterocycles. The zero-order valence-corrected chi connectivity index (χ0v) is 9.69. The number of hydrogen-bond acceptors (Lipinski definition) is 4. The van der Waals surface area contributed by atoms with Crippen LogP contribution in [0.5, 0.6) is 5.75 Å². The van der Waals surface area contributed by atoms with E-state index in [0.29, 0.717) is 12.3 Å². The summed E-state index contributed by atoms with van der Waals surface area (Å²) in [4.78, 5) is 14.0. The van der Waals surface area contributed by atoms with Crippen LogP contribution in [0.1, 0.15) is 11.5 Å². The minimum absolute atomic E-state index is 0.365. The first-order valence-corrected chi connectivity index (χ1v) is 5.44. The van der Waals surface area contributed by atoms with Crippen molar-refractivity contribution in [3.05, 3.63) is 46.4 Å². The predicted molar refractivity (Wildman–Crippen MR) is 64.8 cm³/mol. The second-order valence-corrected chi connectivity index (χ2v) is 3.91. The van der Waals surface area contributed by atoms with Crippen LogP contribution in [0.3, 0.4) is 0 Å². The largest absolute Gasteiger partial charge is 0.497 e. The molecule has 0 aliphatic rings. The quantitative estimate of drug-likeness (QED) is 0.731. The van der Waals surface area contributed by atoms with Crippen LogP contribution in [0, 0.1) is 0 Å². The molecule has 0 atom stereocenters. The van der Waals surface area contributed by atoms with Crippen LogP contribution in [0.15, 0.2) is 33.6 Å². The highest BCUT2D eigenvalue weighted by molar-refractivity contribution is 5.84. The average molecular weight is 245 g/mol. The Bertz CT molecular complexity index is 738. The Morgan fingerprint density at radius 2 is 2.33 bits per heavy atom. The number of aromatic nitrogens is 3. The molecular weight excluding hydrogens is 234 g/mol. The van der Waals surface area contributed by atoms with Crippen LogP contribution in [-0.2, 0) is 6.42 Å². The van der Waals surface area contributed by atoms with Crippen molar-refractivity contribution in [2.24, 2.45) is 0 Å². The van der Waals surface area contributed by atoms with Crippen LogP contribution < -0.4 is 10.5 Å². The number of methoxy groups -OCH3 is 1. The minimum atomic E-state index is -0.539. The number of nitrogens with one attached hydrogen (secondary N) is 2. The summed E-state index contributed by atoms with van der Waals surface area (Å²) >= 11 is 0. The van der Waals surface area contributed by atoms with Gasteiger partial charge in [0.25, 0.3) is 0 Å². The Kier molecular flexibility index (Phi) is 2.40. The lowest BCUT2D eigenvalue weighted by molar-refractivity contribution is 0.415. The van der Waals surface area contributed by atoms with Gasteiger partial charge in [0.2, 0.25) is 5.89 Å². The number of aromatic amines is 2. The van der Waals surface area contributed by atoms with E-state index in [2.05, 4.69) is 15.2 Å². The van der Waals surface area contributed by atoms with Crippen LogP contribution in [-0.4, -0.2) is 22.3 Å². The molecule has 3 rings (SSSR count). The van der Waals surface area contributed by atoms with Crippen LogP contribution in [0.2, 0.25) is 0 Å². The molecule has 3 aromatic rings. The third-order valence-corrected chi connectivity index (χ3v) is 2.80. The van der Waals surface area contributed by atoms with E-state index in [0.717, 1.165) is 22.2 Å². The van der Waals surface area contributed by atoms with Gasteiger partial charge in [0.1, 0.15) is 5.75 Å². The van der Waals surface area contributed by atoms with Gasteiger partial charge in [0.05, 0.1) is 13.5 Å². The van der Waals surface area contributed by atoms with E-state index >= 15 is 0 Å². The summed E-state index contributed by atoms with van der Waals surface area (Å²) in [5, 5.41) is 7.06. The van der Waals surface area contributed by atoms with E-state index in [4.69, 9.17) is 9.15 Å². The Morgan fingerprint density at radius 3 is 3.06 bits per heavy atom. The van der Waals surface area contributed by atoms with Crippen LogP contribution >= 0.6 is 0 Å². The van der Waals surface area contributed by atoms with Gasteiger partial charge in [-0.05, 0) is 23.8 Å². The number of hydrogen-bond donors (Lipinski definition) is 2. The molecule has 0 amide bonds. The lowest BCUT2D eigenvalue weighted by Gasteiger charge is -2.00. The summed E-state index contributed by atoms with van der Waals surface area (Å²) < 4.78 is 10.1. The van der Waals surface area contributed by atoms with Crippen molar-refractivity contribution in [2.75, 3.05) is 7.11 Å². The lowest BCUT2D eigenvalue weighted by Crippen LogP contribution is -1.93. The molecule has 92 valence electrons. The molecule has 1 aromatic carbocycles. The third kappa shape index (κ3) is 1.77. The molecule has 6 nitrogen and oxygen atoms in total. The molecular formula is C12H11N3O3. The maximum Gasteiger partial charge on any atom is 0.434 e. The summed E-state index contributed by atoms with van der Waals surface area (Å²) in [6.07, 6.45) is 2.32. The predicted octanol–water partition coefficient (Wildman–Crippen LogP) is 1.44. The molecule has 0 aliphatic heterocycles. The molecule has 0 bridgehead atoms. The smallest absolute Gasteiger partial charge is 0.434 e. The Morgan fingerprint density at radius 1 is 1.44 bits per heavy atom. The SMILES string of the molecule is COc1ccc2[nH]cc(Cc3n[nH]c(=O)o3)c2c1. The number of rotatable bonds is 3. The average Bonchev–Trinajstić information content (AvgIpc) is 2.96. The monoisotopic (exact) mass is 245 g/mol. The van der Waals surface area contributed by atoms with Gasteiger partial charge >= 0.3 is 5.76 Å². The molecule has 2 N–H and O–H groups in total. The highest BCUT2D eigenvalue weighted by Crippen LogP contribution is 2.24. The number of benzene rings is 1. The number of ether oxygens (including phenoxy) is 1. The first kappa shape index (κ1) is 10.6. The van der Waals surface area contributed by atoms with E-state index in [1.165, 1.54) is 0 Å². The van der Waals surface area contributed by atoms with Crippen molar-refractivity contribution in [2.45, 2.75) is 6.42 Å². The van der Waals surface area contributed by atoms with Gasteiger partial charge in [-0.3, -0.25) is 0 Å². The molecule has 0 fully saturated rings. The Balaban J connectivity index is 2.03. The lowest BCUT2D eigenvalue weighted by atomic mass is 10.1. The molecule has 0 aliphatic carbocycles. The summed E-state index contributed by atoms with van der Waals surface area (Å²) in [6, 6.07) is 5.77. The van der Waals surface area contributed by atoms with E-state index in [1.807, 2.05) is 24.4 Å². The first-order chi connectivity index (χ1) is 8.76. The number of nitrogens with zero attached hydrogens (tertiary/aromatic N) is 1. The molecule has 0 unspecified atom stereocenters. The number of fused-ring (bicyclic) bond motifs is 1. The first-order valence-electron chi connectivity index (χ1n) is 5.44. The zero-order chi connectivity index (χ0) is 12.5. The third-order valence-electron chi connectivity index (χ3n) is 2.80. The highest BCUT2D eigenvalue weighted by Gasteiger charge is 2.09. The summed E-state index contributed by atoms with van der Waals surface area (Å²) in [7, 11) is 1.63. The summed E-state index contributed by atoms with van der Waals surface area (Å²) in [5.74, 6) is 0.609. The molecule has 0 saturated heterocycles. The summed E-state index contributed by atoms with van der Waals surface area (Å²) in [5.41, 5.74) is 2.00. The molecule has 6 heteroatoms. The van der Waals surface area contributed by atoms with Crippen molar-refractivity contribution < 1.29 is 9.15 Å². The van der Waals surface area contributed by atoms with Gasteiger partial charge in [-0.1, -0.05) is 0 Å². The maximum absolute atomic E-state index is 10.9. The fourth-order valence-corrected chi connectivity index (χ4v) is 1.93. The maximum atomic E-state index is 10.9. The van der Waals surface area contributed by atoms with Gasteiger partial charge in [0, 0.05) is 17.1 Å². The molecule has 0 spiro atoms. The second kappa shape index (κ2) is 4.06. The van der Waals surface area contributed by atoms with Crippen molar-refractivity contribution in [1.82, 2.24) is 15.2 Å². The standard InChI is InChI=1S/C12H11N3O3/c1-17-8-2-3-10-9(5-8)7(6-13-10)4-11-14-15-12(16)18-11/h2-3,5-6,13H,4H2,1H3,(H,15,16). The fraction of sp³-hybridized carbons (Fsp3) is 0.167.